The first-order valence-electron chi connectivity index (χ1n) is 6.68. The van der Waals surface area contributed by atoms with Gasteiger partial charge in [-0.3, -0.25) is 0 Å². The summed E-state index contributed by atoms with van der Waals surface area (Å²) in [6.45, 7) is 12.2. The summed E-state index contributed by atoms with van der Waals surface area (Å²) >= 11 is 0. The van der Waals surface area contributed by atoms with E-state index in [1.54, 1.807) is 5.57 Å². The molecule has 86 valence electrons. The van der Waals surface area contributed by atoms with Crippen molar-refractivity contribution >= 4 is 0 Å². The van der Waals surface area contributed by atoms with Crippen molar-refractivity contribution < 1.29 is 0 Å². The Kier molecular flexibility index (Phi) is 2.96. The summed E-state index contributed by atoms with van der Waals surface area (Å²) < 4.78 is 0. The Balaban J connectivity index is 2.26. The molecule has 6 unspecified atom stereocenters. The van der Waals surface area contributed by atoms with Crippen LogP contribution in [0.3, 0.4) is 0 Å². The summed E-state index contributed by atoms with van der Waals surface area (Å²) in [5.41, 5.74) is 1.64. The van der Waals surface area contributed by atoms with E-state index in [2.05, 4.69) is 40.7 Å². The second-order valence-electron chi connectivity index (χ2n) is 6.37. The molecule has 15 heavy (non-hydrogen) atoms. The Morgan fingerprint density at radius 2 is 1.73 bits per heavy atom. The Morgan fingerprint density at radius 3 is 2.40 bits per heavy atom. The number of hydrogen-bond donors (Lipinski definition) is 0. The molecule has 2 aliphatic carbocycles. The predicted octanol–water partition coefficient (Wildman–Crippen LogP) is 4.52. The maximum atomic E-state index is 2.53. The van der Waals surface area contributed by atoms with Gasteiger partial charge in [-0.1, -0.05) is 39.3 Å². The number of fused-ring (bicyclic) bond motifs is 1. The van der Waals surface area contributed by atoms with Gasteiger partial charge in [0.05, 0.1) is 0 Å². The second-order valence-corrected chi connectivity index (χ2v) is 6.37. The van der Waals surface area contributed by atoms with Gasteiger partial charge in [-0.15, -0.1) is 0 Å². The van der Waals surface area contributed by atoms with Gasteiger partial charge in [0.1, 0.15) is 0 Å². The maximum Gasteiger partial charge on any atom is -0.0226 e. The monoisotopic (exact) mass is 206 g/mol. The fourth-order valence-electron chi connectivity index (χ4n) is 4.33. The van der Waals surface area contributed by atoms with Gasteiger partial charge in [0.25, 0.3) is 0 Å². The van der Waals surface area contributed by atoms with Crippen LogP contribution in [0.4, 0.5) is 0 Å². The molecule has 0 amide bonds. The van der Waals surface area contributed by atoms with Crippen molar-refractivity contribution in [1.29, 1.82) is 0 Å². The quantitative estimate of drug-likeness (QED) is 0.511. The van der Waals surface area contributed by atoms with Crippen LogP contribution < -0.4 is 0 Å². The molecule has 0 aliphatic heterocycles. The number of hydrogen-bond acceptors (Lipinski definition) is 0. The normalized spacial score (nSPS) is 50.9. The molecule has 0 aromatic rings. The minimum Gasteiger partial charge on any atom is -0.0825 e. The predicted molar refractivity (Wildman–Crippen MR) is 66.6 cm³/mol. The number of allylic oxidation sites excluding steroid dienone is 2. The molecule has 2 rings (SSSR count). The second kappa shape index (κ2) is 3.96. The van der Waals surface area contributed by atoms with Crippen molar-refractivity contribution in [3.05, 3.63) is 11.6 Å². The van der Waals surface area contributed by atoms with Gasteiger partial charge in [-0.05, 0) is 55.3 Å². The smallest absolute Gasteiger partial charge is 0.0226 e. The lowest BCUT2D eigenvalue weighted by molar-refractivity contribution is 0.0315. The van der Waals surface area contributed by atoms with E-state index in [-0.39, 0.29) is 0 Å². The zero-order valence-corrected chi connectivity index (χ0v) is 11.0. The SMILES string of the molecule is CC1=CC(C)C2C(C)C(C)CC(C)C2C1. The molecule has 0 aromatic heterocycles. The molecule has 0 bridgehead atoms. The van der Waals surface area contributed by atoms with Gasteiger partial charge < -0.3 is 0 Å². The van der Waals surface area contributed by atoms with Crippen LogP contribution in [0.25, 0.3) is 0 Å². The van der Waals surface area contributed by atoms with Gasteiger partial charge in [0.2, 0.25) is 0 Å². The van der Waals surface area contributed by atoms with Crippen LogP contribution in [-0.2, 0) is 0 Å². The zero-order chi connectivity index (χ0) is 11.2. The molecular formula is C15H26. The van der Waals surface area contributed by atoms with Gasteiger partial charge in [0, 0.05) is 0 Å². The molecule has 0 spiro atoms. The summed E-state index contributed by atoms with van der Waals surface area (Å²) in [6.07, 6.45) is 5.35. The van der Waals surface area contributed by atoms with E-state index in [4.69, 9.17) is 0 Å². The highest BCUT2D eigenvalue weighted by atomic mass is 14.5. The summed E-state index contributed by atoms with van der Waals surface area (Å²) in [6, 6.07) is 0. The summed E-state index contributed by atoms with van der Waals surface area (Å²) in [5.74, 6) is 5.51. The topological polar surface area (TPSA) is 0 Å². The van der Waals surface area contributed by atoms with Gasteiger partial charge in [-0.2, -0.15) is 0 Å². The molecule has 6 atom stereocenters. The van der Waals surface area contributed by atoms with Crippen LogP contribution in [0.5, 0.6) is 0 Å². The molecule has 2 aliphatic rings. The molecule has 0 aromatic carbocycles. The first-order chi connectivity index (χ1) is 7.00. The van der Waals surface area contributed by atoms with Crippen molar-refractivity contribution in [2.24, 2.45) is 35.5 Å². The van der Waals surface area contributed by atoms with E-state index in [9.17, 15) is 0 Å². The minimum absolute atomic E-state index is 0.809. The first-order valence-corrected chi connectivity index (χ1v) is 6.68. The molecule has 0 radical (unpaired) electrons. The Bertz CT molecular complexity index is 263. The van der Waals surface area contributed by atoms with Crippen molar-refractivity contribution in [2.75, 3.05) is 0 Å². The average molecular weight is 206 g/mol. The Morgan fingerprint density at radius 1 is 1.07 bits per heavy atom. The molecule has 0 saturated heterocycles. The van der Waals surface area contributed by atoms with Crippen LogP contribution in [-0.4, -0.2) is 0 Å². The molecule has 0 heteroatoms. The van der Waals surface area contributed by atoms with Crippen LogP contribution in [0.15, 0.2) is 11.6 Å². The van der Waals surface area contributed by atoms with Gasteiger partial charge in [0.15, 0.2) is 0 Å². The lowest BCUT2D eigenvalue weighted by Crippen LogP contribution is -2.41. The van der Waals surface area contributed by atoms with E-state index in [0.717, 1.165) is 35.5 Å². The lowest BCUT2D eigenvalue weighted by atomic mass is 9.56. The van der Waals surface area contributed by atoms with Crippen LogP contribution >= 0.6 is 0 Å². The van der Waals surface area contributed by atoms with Crippen molar-refractivity contribution in [3.63, 3.8) is 0 Å². The standard InChI is InChI=1S/C15H26/c1-9-6-12(4)15-13(5)10(2)8-11(3)14(15)7-9/h6,10-15H,7-8H2,1-5H3. The van der Waals surface area contributed by atoms with E-state index < -0.39 is 0 Å². The largest absolute Gasteiger partial charge is 0.0825 e. The van der Waals surface area contributed by atoms with Crippen LogP contribution in [0, 0.1) is 35.5 Å². The lowest BCUT2D eigenvalue weighted by Gasteiger charge is -2.49. The molecule has 0 heterocycles. The summed E-state index contributed by atoms with van der Waals surface area (Å²) in [7, 11) is 0. The fraction of sp³-hybridized carbons (Fsp3) is 0.867. The molecular weight excluding hydrogens is 180 g/mol. The third kappa shape index (κ3) is 1.88. The minimum atomic E-state index is 0.809. The van der Waals surface area contributed by atoms with Crippen molar-refractivity contribution in [3.8, 4) is 0 Å². The van der Waals surface area contributed by atoms with Gasteiger partial charge >= 0.3 is 0 Å². The summed E-state index contributed by atoms with van der Waals surface area (Å²) in [4.78, 5) is 0. The first kappa shape index (κ1) is 11.2. The highest BCUT2D eigenvalue weighted by Gasteiger charge is 2.42. The third-order valence-electron chi connectivity index (χ3n) is 5.19. The average Bonchev–Trinajstić information content (AvgIpc) is 2.13. The van der Waals surface area contributed by atoms with Crippen molar-refractivity contribution in [1.82, 2.24) is 0 Å². The summed E-state index contributed by atoms with van der Waals surface area (Å²) in [5, 5.41) is 0. The fourth-order valence-corrected chi connectivity index (χ4v) is 4.33. The van der Waals surface area contributed by atoms with E-state index >= 15 is 0 Å². The molecule has 0 N–H and O–H groups in total. The Hall–Kier alpha value is -0.260. The van der Waals surface area contributed by atoms with E-state index in [0.29, 0.717) is 0 Å². The zero-order valence-electron chi connectivity index (χ0n) is 11.0. The van der Waals surface area contributed by atoms with Crippen LogP contribution in [0.1, 0.15) is 47.5 Å². The highest BCUT2D eigenvalue weighted by Crippen LogP contribution is 2.50. The molecule has 0 nitrogen and oxygen atoms in total. The highest BCUT2D eigenvalue weighted by molar-refractivity contribution is 5.11. The molecule has 1 saturated carbocycles. The molecule has 1 fully saturated rings. The maximum absolute atomic E-state index is 2.53. The number of rotatable bonds is 0. The third-order valence-corrected chi connectivity index (χ3v) is 5.19. The van der Waals surface area contributed by atoms with Crippen LogP contribution in [0.2, 0.25) is 0 Å². The Labute approximate surface area is 95.1 Å². The van der Waals surface area contributed by atoms with Gasteiger partial charge in [-0.25, -0.2) is 0 Å². The van der Waals surface area contributed by atoms with E-state index in [1.807, 2.05) is 0 Å². The van der Waals surface area contributed by atoms with E-state index in [1.165, 1.54) is 12.8 Å². The van der Waals surface area contributed by atoms with Crippen molar-refractivity contribution in [2.45, 2.75) is 47.5 Å².